The van der Waals surface area contributed by atoms with Gasteiger partial charge in [0.05, 0.1) is 32.5 Å². The van der Waals surface area contributed by atoms with Crippen molar-refractivity contribution in [3.05, 3.63) is 64.8 Å². The Morgan fingerprint density at radius 2 is 1.95 bits per heavy atom. The van der Waals surface area contributed by atoms with Gasteiger partial charge in [-0.3, -0.25) is 9.29 Å². The molecule has 0 amide bonds. The number of hydrogen-bond donors (Lipinski definition) is 3. The summed E-state index contributed by atoms with van der Waals surface area (Å²) in [6.45, 7) is 1.83. The molecule has 6 nitrogen and oxygen atoms in total. The van der Waals surface area contributed by atoms with E-state index in [1.807, 2.05) is 49.4 Å². The molecule has 1 unspecified atom stereocenters. The number of nitrogens with zero attached hydrogens (tertiary/aromatic N) is 2. The van der Waals surface area contributed by atoms with Gasteiger partial charge in [0.15, 0.2) is 0 Å². The van der Waals surface area contributed by atoms with Crippen molar-refractivity contribution in [1.82, 2.24) is 14.8 Å². The van der Waals surface area contributed by atoms with Gasteiger partial charge in [0.25, 0.3) is 5.92 Å². The third kappa shape index (κ3) is 5.04. The quantitative estimate of drug-likeness (QED) is 0.360. The highest BCUT2D eigenvalue weighted by Gasteiger charge is 2.42. The number of nitrogens with one attached hydrogen (secondary N) is 1. The predicted molar refractivity (Wildman–Crippen MR) is 141 cm³/mol. The predicted octanol–water partition coefficient (Wildman–Crippen LogP) is 4.46. The number of para-hydroxylation sites is 1. The molecule has 2 aromatic carbocycles. The van der Waals surface area contributed by atoms with Crippen molar-refractivity contribution in [2.24, 2.45) is 5.92 Å². The van der Waals surface area contributed by atoms with Gasteiger partial charge in [-0.1, -0.05) is 30.3 Å². The van der Waals surface area contributed by atoms with Crippen LogP contribution in [0.25, 0.3) is 10.9 Å². The summed E-state index contributed by atoms with van der Waals surface area (Å²) < 4.78 is 47.3. The fraction of sp³-hybridized carbons (Fsp3) is 0.517. The fourth-order valence-electron chi connectivity index (χ4n) is 6.10. The Morgan fingerprint density at radius 3 is 2.66 bits per heavy atom. The van der Waals surface area contributed by atoms with E-state index in [9.17, 15) is 23.4 Å². The van der Waals surface area contributed by atoms with E-state index >= 15 is 0 Å². The second kappa shape index (κ2) is 10.9. The van der Waals surface area contributed by atoms with Crippen LogP contribution >= 0.6 is 0 Å². The first-order chi connectivity index (χ1) is 18.3. The monoisotopic (exact) mass is 531 g/mol. The molecule has 206 valence electrons. The Labute approximate surface area is 221 Å². The number of rotatable bonds is 10. The Balaban J connectivity index is 1.51. The molecule has 1 aromatic heterocycles. The molecule has 0 radical (unpaired) electrons. The number of halogens is 3. The lowest BCUT2D eigenvalue weighted by Crippen LogP contribution is -2.49. The van der Waals surface area contributed by atoms with Gasteiger partial charge in [-0.25, -0.2) is 8.78 Å². The molecule has 0 bridgehead atoms. The van der Waals surface area contributed by atoms with Crippen LogP contribution in [-0.2, 0) is 6.42 Å². The molecule has 38 heavy (non-hydrogen) atoms. The van der Waals surface area contributed by atoms with E-state index in [-0.39, 0.29) is 18.6 Å². The van der Waals surface area contributed by atoms with Gasteiger partial charge < -0.3 is 24.8 Å². The van der Waals surface area contributed by atoms with Crippen LogP contribution < -0.4 is 4.74 Å². The number of aromatic amines is 1. The maximum atomic E-state index is 14.6. The number of methoxy groups -OCH3 is 1. The van der Waals surface area contributed by atoms with Gasteiger partial charge in [0.2, 0.25) is 0 Å². The Hall–Kier alpha value is -2.59. The number of ether oxygens (including phenoxy) is 1. The largest absolute Gasteiger partial charge is 0.496 e. The van der Waals surface area contributed by atoms with Gasteiger partial charge in [-0.05, 0) is 43.0 Å². The lowest BCUT2D eigenvalue weighted by molar-refractivity contribution is -0.0864. The smallest absolute Gasteiger partial charge is 0.283 e. The van der Waals surface area contributed by atoms with E-state index in [0.717, 1.165) is 27.7 Å². The Kier molecular flexibility index (Phi) is 7.73. The number of benzene rings is 2. The number of H-pyrrole nitrogens is 1. The second-order valence-electron chi connectivity index (χ2n) is 10.7. The highest BCUT2D eigenvalue weighted by molar-refractivity contribution is 5.85. The molecule has 3 heterocycles. The zero-order valence-electron chi connectivity index (χ0n) is 21.8. The molecule has 0 aliphatic carbocycles. The normalized spacial score (nSPS) is 21.9. The minimum Gasteiger partial charge on any atom is -0.496 e. The summed E-state index contributed by atoms with van der Waals surface area (Å²) in [5.74, 6) is -2.74. The van der Waals surface area contributed by atoms with E-state index in [2.05, 4.69) is 9.88 Å². The van der Waals surface area contributed by atoms with Crippen LogP contribution in [0.5, 0.6) is 5.75 Å². The molecule has 3 atom stereocenters. The van der Waals surface area contributed by atoms with E-state index < -0.39 is 31.2 Å². The number of likely N-dealkylation sites (tertiary alicyclic amines) is 1. The molecule has 1 saturated heterocycles. The average Bonchev–Trinajstić information content (AvgIpc) is 3.25. The topological polar surface area (TPSA) is 72.0 Å². The Morgan fingerprint density at radius 1 is 1.18 bits per heavy atom. The van der Waals surface area contributed by atoms with Crippen LogP contribution in [0.2, 0.25) is 0 Å². The van der Waals surface area contributed by atoms with Crippen molar-refractivity contribution in [3.8, 4) is 5.75 Å². The number of hydrogen-bond acceptors (Lipinski definition) is 5. The van der Waals surface area contributed by atoms with Crippen LogP contribution in [0.15, 0.2) is 42.5 Å². The summed E-state index contributed by atoms with van der Waals surface area (Å²) in [6, 6.07) is 12.8. The lowest BCUT2D eigenvalue weighted by Gasteiger charge is -2.43. The average molecular weight is 532 g/mol. The summed E-state index contributed by atoms with van der Waals surface area (Å²) >= 11 is 0. The molecule has 2 aliphatic rings. The highest BCUT2D eigenvalue weighted by atomic mass is 19.3. The minimum atomic E-state index is -3.26. The number of alkyl halides is 3. The second-order valence-corrected chi connectivity index (χ2v) is 10.7. The molecular weight excluding hydrogens is 495 g/mol. The van der Waals surface area contributed by atoms with E-state index in [4.69, 9.17) is 4.74 Å². The number of aliphatic hydroxyl groups is 2. The third-order valence-electron chi connectivity index (χ3n) is 8.09. The zero-order chi connectivity index (χ0) is 27.0. The highest BCUT2D eigenvalue weighted by Crippen LogP contribution is 2.44. The van der Waals surface area contributed by atoms with Crippen LogP contribution in [-0.4, -0.2) is 83.5 Å². The van der Waals surface area contributed by atoms with Gasteiger partial charge in [-0.2, -0.15) is 0 Å². The molecule has 1 fully saturated rings. The summed E-state index contributed by atoms with van der Waals surface area (Å²) in [5, 5.41) is 21.5. The van der Waals surface area contributed by atoms with Crippen LogP contribution in [0.3, 0.4) is 0 Å². The van der Waals surface area contributed by atoms with E-state index in [1.165, 1.54) is 0 Å². The summed E-state index contributed by atoms with van der Waals surface area (Å²) in [4.78, 5) is 7.34. The maximum absolute atomic E-state index is 14.6. The van der Waals surface area contributed by atoms with Gasteiger partial charge in [0.1, 0.15) is 12.4 Å². The third-order valence-corrected chi connectivity index (χ3v) is 8.09. The van der Waals surface area contributed by atoms with Crippen molar-refractivity contribution in [3.63, 3.8) is 0 Å². The van der Waals surface area contributed by atoms with Gasteiger partial charge in [0, 0.05) is 53.8 Å². The minimum absolute atomic E-state index is 0.0177. The van der Waals surface area contributed by atoms with Crippen molar-refractivity contribution in [1.29, 1.82) is 0 Å². The number of aromatic nitrogens is 1. The first-order valence-electron chi connectivity index (χ1n) is 13.2. The number of aliphatic hydroxyl groups excluding tert-OH is 2. The van der Waals surface area contributed by atoms with Crippen molar-refractivity contribution < 1.29 is 28.1 Å². The summed E-state index contributed by atoms with van der Waals surface area (Å²) in [7, 11) is 1.54. The first kappa shape index (κ1) is 27.0. The first-order valence-corrected chi connectivity index (χ1v) is 13.2. The molecule has 0 saturated carbocycles. The number of fused-ring (bicyclic) bond motifs is 3. The lowest BCUT2D eigenvalue weighted by atomic mass is 9.85. The maximum Gasteiger partial charge on any atom is 0.283 e. The summed E-state index contributed by atoms with van der Waals surface area (Å²) in [5.41, 5.74) is 4.33. The van der Waals surface area contributed by atoms with Gasteiger partial charge in [-0.15, -0.1) is 0 Å². The molecule has 0 spiro atoms. The molecule has 5 rings (SSSR count). The van der Waals surface area contributed by atoms with E-state index in [1.54, 1.807) is 12.0 Å². The Bertz CT molecular complexity index is 1260. The van der Waals surface area contributed by atoms with Crippen molar-refractivity contribution in [2.75, 3.05) is 46.6 Å². The van der Waals surface area contributed by atoms with E-state index in [0.29, 0.717) is 43.8 Å². The molecule has 2 aliphatic heterocycles. The van der Waals surface area contributed by atoms with Crippen LogP contribution in [0.1, 0.15) is 47.9 Å². The molecule has 9 heteroatoms. The zero-order valence-corrected chi connectivity index (χ0v) is 21.8. The van der Waals surface area contributed by atoms with Crippen LogP contribution in [0, 0.1) is 5.92 Å². The van der Waals surface area contributed by atoms with Crippen molar-refractivity contribution in [2.45, 2.75) is 43.9 Å². The van der Waals surface area contributed by atoms with Crippen LogP contribution in [0.4, 0.5) is 13.2 Å². The standard InChI is InChI=1S/C29H36F3N3O3/c1-18-12-23-21-6-3-4-7-24(21)33-26(23)27(35(18)16-29(31,32)17-36)19-8-9-22(25(13-19)38-2)28(37)20-14-34(15-20)11-5-10-30/h3-4,6-9,13,18,20,27-28,33,36-37H,5,10-12,14-17H2,1-2H3/t18-,27?,28-/m1/s1. The summed E-state index contributed by atoms with van der Waals surface area (Å²) in [6.07, 6.45) is 0.345. The fourth-order valence-corrected chi connectivity index (χ4v) is 6.10. The SMILES string of the molecule is COc1cc(C2c3[nH]c4ccccc4c3C[C@@H](C)N2CC(F)(F)CO)ccc1[C@H](O)C1CN(CCCF)C1. The molecule has 3 aromatic rings. The van der Waals surface area contributed by atoms with Gasteiger partial charge >= 0.3 is 0 Å². The molecule has 3 N–H and O–H groups in total. The van der Waals surface area contributed by atoms with Crippen molar-refractivity contribution >= 4 is 10.9 Å². The molecular formula is C29H36F3N3O3.